The van der Waals surface area contributed by atoms with Gasteiger partial charge in [0.15, 0.2) is 5.65 Å². The van der Waals surface area contributed by atoms with Crippen LogP contribution in [0.2, 0.25) is 0 Å². The highest BCUT2D eigenvalue weighted by Crippen LogP contribution is 2.22. The zero-order valence-corrected chi connectivity index (χ0v) is 15.8. The number of carbonyl (C=O) groups excluding carboxylic acids is 1. The van der Waals surface area contributed by atoms with E-state index in [1.54, 1.807) is 0 Å². The Hall–Kier alpha value is -1.95. The van der Waals surface area contributed by atoms with Crippen LogP contribution in [0, 0.1) is 6.92 Å². The lowest BCUT2D eigenvalue weighted by atomic mass is 9.93. The molecule has 0 radical (unpaired) electrons. The maximum Gasteiger partial charge on any atom is 0.270 e. The highest BCUT2D eigenvalue weighted by molar-refractivity contribution is 5.92. The van der Waals surface area contributed by atoms with Crippen molar-refractivity contribution in [3.63, 3.8) is 0 Å². The second-order valence-corrected chi connectivity index (χ2v) is 7.99. The minimum absolute atomic E-state index is 0.0446. The lowest BCUT2D eigenvalue weighted by Gasteiger charge is -2.26. The third kappa shape index (κ3) is 4.18. The van der Waals surface area contributed by atoms with Gasteiger partial charge < -0.3 is 10.2 Å². The number of aryl methyl sites for hydroxylation is 1. The lowest BCUT2D eigenvalue weighted by Crippen LogP contribution is -2.37. The van der Waals surface area contributed by atoms with Gasteiger partial charge in [0.2, 0.25) is 0 Å². The maximum absolute atomic E-state index is 12.5. The van der Waals surface area contributed by atoms with Crippen LogP contribution in [-0.2, 0) is 5.41 Å². The van der Waals surface area contributed by atoms with Crippen LogP contribution in [0.4, 0.5) is 0 Å². The van der Waals surface area contributed by atoms with E-state index in [4.69, 9.17) is 0 Å². The van der Waals surface area contributed by atoms with Gasteiger partial charge in [-0.25, -0.2) is 9.50 Å². The third-order valence-corrected chi connectivity index (χ3v) is 4.77. The number of nitrogens with zero attached hydrogens (tertiary/aromatic N) is 4. The van der Waals surface area contributed by atoms with Gasteiger partial charge in [0.25, 0.3) is 5.91 Å². The van der Waals surface area contributed by atoms with Crippen molar-refractivity contribution < 1.29 is 4.79 Å². The van der Waals surface area contributed by atoms with Gasteiger partial charge in [0.05, 0.1) is 5.69 Å². The molecular formula is C19H29N5O. The van der Waals surface area contributed by atoms with E-state index in [1.165, 1.54) is 19.3 Å². The van der Waals surface area contributed by atoms with Crippen molar-refractivity contribution in [2.24, 2.45) is 0 Å². The van der Waals surface area contributed by atoms with E-state index in [9.17, 15) is 4.79 Å². The number of hydrogen-bond acceptors (Lipinski definition) is 4. The van der Waals surface area contributed by atoms with Gasteiger partial charge >= 0.3 is 0 Å². The normalized spacial score (nSPS) is 16.3. The molecule has 0 aliphatic carbocycles. The van der Waals surface area contributed by atoms with Gasteiger partial charge in [0.1, 0.15) is 5.69 Å². The Kier molecular flexibility index (Phi) is 5.08. The number of carbonyl (C=O) groups is 1. The number of amides is 1. The van der Waals surface area contributed by atoms with Crippen molar-refractivity contribution in [1.82, 2.24) is 24.8 Å². The van der Waals surface area contributed by atoms with E-state index in [-0.39, 0.29) is 11.3 Å². The average Bonchev–Trinajstić information content (AvgIpc) is 3.01. The van der Waals surface area contributed by atoms with Gasteiger partial charge in [-0.3, -0.25) is 4.79 Å². The molecule has 25 heavy (non-hydrogen) atoms. The molecule has 1 saturated heterocycles. The number of likely N-dealkylation sites (tertiary alicyclic amines) is 1. The summed E-state index contributed by atoms with van der Waals surface area (Å²) in [6, 6.07) is 3.78. The van der Waals surface area contributed by atoms with Crippen LogP contribution in [0.5, 0.6) is 0 Å². The Bertz CT molecular complexity index is 753. The fraction of sp³-hybridized carbons (Fsp3) is 0.632. The Morgan fingerprint density at radius 2 is 1.92 bits per heavy atom. The molecule has 3 rings (SSSR count). The molecule has 2 aromatic heterocycles. The van der Waals surface area contributed by atoms with Gasteiger partial charge in [-0.05, 0) is 38.9 Å². The van der Waals surface area contributed by atoms with E-state index in [0.717, 1.165) is 36.7 Å². The molecule has 0 aromatic carbocycles. The summed E-state index contributed by atoms with van der Waals surface area (Å²) in [6.45, 7) is 12.2. The predicted molar refractivity (Wildman–Crippen MR) is 99.0 cm³/mol. The third-order valence-electron chi connectivity index (χ3n) is 4.77. The molecular weight excluding hydrogens is 314 g/mol. The molecule has 136 valence electrons. The largest absolute Gasteiger partial charge is 0.349 e. The number of nitrogens with one attached hydrogen (secondary N) is 1. The summed E-state index contributed by atoms with van der Waals surface area (Å²) in [4.78, 5) is 19.4. The highest BCUT2D eigenvalue weighted by atomic mass is 16.1. The minimum Gasteiger partial charge on any atom is -0.349 e. The van der Waals surface area contributed by atoms with Gasteiger partial charge in [-0.15, -0.1) is 0 Å². The van der Waals surface area contributed by atoms with E-state index in [1.807, 2.05) is 23.6 Å². The molecule has 1 aliphatic heterocycles. The molecule has 1 amide bonds. The summed E-state index contributed by atoms with van der Waals surface area (Å²) < 4.78 is 1.81. The quantitative estimate of drug-likeness (QED) is 0.927. The van der Waals surface area contributed by atoms with Crippen molar-refractivity contribution in [2.75, 3.05) is 26.2 Å². The van der Waals surface area contributed by atoms with Crippen molar-refractivity contribution in [2.45, 2.75) is 52.4 Å². The summed E-state index contributed by atoms with van der Waals surface area (Å²) in [5.74, 6) is -0.110. The fourth-order valence-corrected chi connectivity index (χ4v) is 3.21. The van der Waals surface area contributed by atoms with E-state index < -0.39 is 0 Å². The molecule has 0 bridgehead atoms. The SMILES string of the molecule is Cc1cc(C(=O)NCCN2CCCCC2)nc2cc(C(C)(C)C)nn12. The molecule has 0 saturated carbocycles. The summed E-state index contributed by atoms with van der Waals surface area (Å²) >= 11 is 0. The van der Waals surface area contributed by atoms with Crippen LogP contribution < -0.4 is 5.32 Å². The van der Waals surface area contributed by atoms with E-state index >= 15 is 0 Å². The minimum atomic E-state index is -0.110. The molecule has 1 fully saturated rings. The molecule has 0 atom stereocenters. The number of rotatable bonds is 4. The number of hydrogen-bond donors (Lipinski definition) is 1. The summed E-state index contributed by atoms with van der Waals surface area (Å²) in [6.07, 6.45) is 3.86. The van der Waals surface area contributed by atoms with Crippen LogP contribution in [0.15, 0.2) is 12.1 Å². The first-order valence-electron chi connectivity index (χ1n) is 9.23. The Labute approximate surface area is 149 Å². The Balaban J connectivity index is 1.68. The molecule has 2 aromatic rings. The van der Waals surface area contributed by atoms with Crippen LogP contribution in [0.25, 0.3) is 5.65 Å². The molecule has 1 aliphatic rings. The maximum atomic E-state index is 12.5. The summed E-state index contributed by atoms with van der Waals surface area (Å²) in [7, 11) is 0. The van der Waals surface area contributed by atoms with Gasteiger partial charge in [-0.2, -0.15) is 5.10 Å². The number of piperidine rings is 1. The lowest BCUT2D eigenvalue weighted by molar-refractivity contribution is 0.0941. The Morgan fingerprint density at radius 1 is 1.20 bits per heavy atom. The van der Waals surface area contributed by atoms with Crippen LogP contribution in [0.3, 0.4) is 0 Å². The van der Waals surface area contributed by atoms with Crippen LogP contribution >= 0.6 is 0 Å². The van der Waals surface area contributed by atoms with Crippen LogP contribution in [0.1, 0.15) is 61.9 Å². The Morgan fingerprint density at radius 3 is 2.60 bits per heavy atom. The zero-order chi connectivity index (χ0) is 18.0. The molecule has 1 N–H and O–H groups in total. The molecule has 3 heterocycles. The molecule has 6 nitrogen and oxygen atoms in total. The molecule has 0 unspecified atom stereocenters. The van der Waals surface area contributed by atoms with Gasteiger partial charge in [-0.1, -0.05) is 27.2 Å². The average molecular weight is 343 g/mol. The summed E-state index contributed by atoms with van der Waals surface area (Å²) in [5.41, 5.74) is 3.04. The monoisotopic (exact) mass is 343 g/mol. The number of fused-ring (bicyclic) bond motifs is 1. The van der Waals surface area contributed by atoms with Crippen molar-refractivity contribution in [3.05, 3.63) is 29.2 Å². The summed E-state index contributed by atoms with van der Waals surface area (Å²) in [5, 5.41) is 7.63. The first kappa shape index (κ1) is 17.9. The first-order chi connectivity index (χ1) is 11.8. The van der Waals surface area contributed by atoms with Gasteiger partial charge in [0, 0.05) is 30.3 Å². The number of aromatic nitrogens is 3. The van der Waals surface area contributed by atoms with E-state index in [2.05, 4.69) is 41.1 Å². The van der Waals surface area contributed by atoms with Crippen molar-refractivity contribution in [3.8, 4) is 0 Å². The van der Waals surface area contributed by atoms with Crippen molar-refractivity contribution >= 4 is 11.6 Å². The standard InChI is InChI=1S/C19H29N5O/c1-14-12-15(18(25)20-8-11-23-9-6-5-7-10-23)21-17-13-16(19(2,3)4)22-24(14)17/h12-13H,5-11H2,1-4H3,(H,20,25). The highest BCUT2D eigenvalue weighted by Gasteiger charge is 2.20. The molecule has 0 spiro atoms. The zero-order valence-electron chi connectivity index (χ0n) is 15.8. The molecule has 6 heteroatoms. The second-order valence-electron chi connectivity index (χ2n) is 7.99. The fourth-order valence-electron chi connectivity index (χ4n) is 3.21. The van der Waals surface area contributed by atoms with Crippen LogP contribution in [-0.4, -0.2) is 51.6 Å². The van der Waals surface area contributed by atoms with Crippen molar-refractivity contribution in [1.29, 1.82) is 0 Å². The first-order valence-corrected chi connectivity index (χ1v) is 9.23. The second kappa shape index (κ2) is 7.12. The van der Waals surface area contributed by atoms with E-state index in [0.29, 0.717) is 12.2 Å². The smallest absolute Gasteiger partial charge is 0.270 e. The predicted octanol–water partition coefficient (Wildman–Crippen LogP) is 2.55. The topological polar surface area (TPSA) is 62.5 Å².